The molecule has 6 heteroatoms. The van der Waals surface area contributed by atoms with Crippen molar-refractivity contribution in [2.45, 2.75) is 6.54 Å². The molecule has 0 saturated carbocycles. The maximum atomic E-state index is 10.7. The molecule has 21 heavy (non-hydrogen) atoms. The summed E-state index contributed by atoms with van der Waals surface area (Å²) in [4.78, 5) is 14.8. The summed E-state index contributed by atoms with van der Waals surface area (Å²) < 4.78 is 5.15. The number of carbonyl (C=O) groups excluding carboxylic acids is 1. The zero-order valence-corrected chi connectivity index (χ0v) is 13.5. The fourth-order valence-corrected chi connectivity index (χ4v) is 1.97. The SMILES string of the molecule is O=C([O-])c1cc2cc(CNc3cccnc3)ccc2o1.[Na+]. The van der Waals surface area contributed by atoms with Gasteiger partial charge in [-0.05, 0) is 35.9 Å². The summed E-state index contributed by atoms with van der Waals surface area (Å²) in [6, 6.07) is 10.8. The van der Waals surface area contributed by atoms with E-state index in [9.17, 15) is 9.90 Å². The Morgan fingerprint density at radius 3 is 2.86 bits per heavy atom. The van der Waals surface area contributed by atoms with Crippen molar-refractivity contribution in [3.05, 3.63) is 60.1 Å². The predicted octanol–water partition coefficient (Wildman–Crippen LogP) is -1.19. The van der Waals surface area contributed by atoms with Crippen molar-refractivity contribution in [3.8, 4) is 0 Å². The van der Waals surface area contributed by atoms with Crippen LogP contribution in [0.4, 0.5) is 5.69 Å². The van der Waals surface area contributed by atoms with Crippen LogP contribution in [0.5, 0.6) is 0 Å². The second-order valence-corrected chi connectivity index (χ2v) is 4.37. The number of carboxylic acid groups (broad SMARTS) is 1. The van der Waals surface area contributed by atoms with Crippen LogP contribution in [0.2, 0.25) is 0 Å². The average Bonchev–Trinajstić information content (AvgIpc) is 2.89. The van der Waals surface area contributed by atoms with E-state index in [2.05, 4.69) is 10.3 Å². The topological polar surface area (TPSA) is 78.2 Å². The molecule has 2 aromatic heterocycles. The van der Waals surface area contributed by atoms with E-state index in [1.54, 1.807) is 18.5 Å². The van der Waals surface area contributed by atoms with E-state index in [0.717, 1.165) is 16.6 Å². The summed E-state index contributed by atoms with van der Waals surface area (Å²) in [5, 5.41) is 14.7. The average molecular weight is 290 g/mol. The molecule has 0 saturated heterocycles. The Bertz CT molecular complexity index is 756. The summed E-state index contributed by atoms with van der Waals surface area (Å²) in [6.07, 6.45) is 3.45. The quantitative estimate of drug-likeness (QED) is 0.611. The van der Waals surface area contributed by atoms with E-state index in [1.165, 1.54) is 6.07 Å². The standard InChI is InChI=1S/C15H12N2O3.Na/c18-15(19)14-7-11-6-10(3-4-13(11)20-14)8-17-12-2-1-5-16-9-12;/h1-7,9,17H,8H2,(H,18,19);/q;+1/p-1. The number of nitrogens with zero attached hydrogens (tertiary/aromatic N) is 1. The predicted molar refractivity (Wildman–Crippen MR) is 72.1 cm³/mol. The molecule has 0 spiro atoms. The molecule has 100 valence electrons. The van der Waals surface area contributed by atoms with Gasteiger partial charge in [-0.3, -0.25) is 4.98 Å². The number of aromatic nitrogens is 1. The Morgan fingerprint density at radius 2 is 2.14 bits per heavy atom. The minimum absolute atomic E-state index is 0. The van der Waals surface area contributed by atoms with Crippen LogP contribution in [0.1, 0.15) is 16.1 Å². The number of fused-ring (bicyclic) bond motifs is 1. The number of carbonyl (C=O) groups is 1. The first-order valence-corrected chi connectivity index (χ1v) is 6.10. The molecule has 0 fully saturated rings. The normalized spacial score (nSPS) is 10.1. The summed E-state index contributed by atoms with van der Waals surface area (Å²) in [5.74, 6) is -1.46. The number of pyridine rings is 1. The monoisotopic (exact) mass is 290 g/mol. The molecule has 3 rings (SSSR count). The third kappa shape index (κ3) is 3.64. The number of anilines is 1. The van der Waals surface area contributed by atoms with Crippen molar-refractivity contribution >= 4 is 22.6 Å². The first-order valence-electron chi connectivity index (χ1n) is 6.10. The van der Waals surface area contributed by atoms with Gasteiger partial charge in [0.25, 0.3) is 0 Å². The van der Waals surface area contributed by atoms with Crippen LogP contribution < -0.4 is 40.0 Å². The van der Waals surface area contributed by atoms with Crippen molar-refractivity contribution in [3.63, 3.8) is 0 Å². The number of benzene rings is 1. The van der Waals surface area contributed by atoms with Gasteiger partial charge in [-0.2, -0.15) is 0 Å². The van der Waals surface area contributed by atoms with E-state index in [0.29, 0.717) is 12.1 Å². The van der Waals surface area contributed by atoms with Crippen LogP contribution in [-0.4, -0.2) is 11.0 Å². The Labute approximate surface area is 143 Å². The molecule has 0 atom stereocenters. The molecule has 0 bridgehead atoms. The summed E-state index contributed by atoms with van der Waals surface area (Å²) in [5.41, 5.74) is 2.48. The number of nitrogens with one attached hydrogen (secondary N) is 1. The van der Waals surface area contributed by atoms with Gasteiger partial charge in [0.2, 0.25) is 0 Å². The van der Waals surface area contributed by atoms with Gasteiger partial charge in [-0.15, -0.1) is 0 Å². The molecule has 0 unspecified atom stereocenters. The molecule has 0 aliphatic rings. The Balaban J connectivity index is 0.00000161. The van der Waals surface area contributed by atoms with Crippen LogP contribution in [0.25, 0.3) is 11.0 Å². The zero-order valence-electron chi connectivity index (χ0n) is 11.5. The second-order valence-electron chi connectivity index (χ2n) is 4.37. The van der Waals surface area contributed by atoms with Crippen LogP contribution >= 0.6 is 0 Å². The van der Waals surface area contributed by atoms with Crippen molar-refractivity contribution in [1.82, 2.24) is 4.98 Å². The van der Waals surface area contributed by atoms with Gasteiger partial charge in [0.05, 0.1) is 5.69 Å². The number of rotatable bonds is 4. The molecule has 0 aliphatic carbocycles. The minimum atomic E-state index is -1.31. The van der Waals surface area contributed by atoms with Crippen LogP contribution in [0.3, 0.4) is 0 Å². The number of carboxylic acids is 1. The van der Waals surface area contributed by atoms with Crippen molar-refractivity contribution in [2.24, 2.45) is 0 Å². The van der Waals surface area contributed by atoms with E-state index in [1.807, 2.05) is 24.3 Å². The molecule has 2 heterocycles. The van der Waals surface area contributed by atoms with E-state index in [4.69, 9.17) is 4.42 Å². The largest absolute Gasteiger partial charge is 1.00 e. The number of aromatic carboxylic acids is 1. The van der Waals surface area contributed by atoms with Crippen molar-refractivity contribution in [1.29, 1.82) is 0 Å². The first kappa shape index (κ1) is 15.6. The van der Waals surface area contributed by atoms with Gasteiger partial charge in [0.15, 0.2) is 5.76 Å². The molecule has 1 N–H and O–H groups in total. The summed E-state index contributed by atoms with van der Waals surface area (Å²) in [7, 11) is 0. The molecule has 0 radical (unpaired) electrons. The maximum Gasteiger partial charge on any atom is 1.00 e. The molecule has 5 nitrogen and oxygen atoms in total. The molecule has 0 aliphatic heterocycles. The zero-order chi connectivity index (χ0) is 13.9. The Morgan fingerprint density at radius 1 is 1.29 bits per heavy atom. The van der Waals surface area contributed by atoms with Gasteiger partial charge in [0.1, 0.15) is 11.6 Å². The van der Waals surface area contributed by atoms with Gasteiger partial charge < -0.3 is 19.6 Å². The second kappa shape index (κ2) is 6.76. The first-order chi connectivity index (χ1) is 9.72. The summed E-state index contributed by atoms with van der Waals surface area (Å²) in [6.45, 7) is 0.619. The number of hydrogen-bond donors (Lipinski definition) is 1. The molecule has 0 amide bonds. The molecular formula is C15H11N2NaO3. The van der Waals surface area contributed by atoms with E-state index >= 15 is 0 Å². The van der Waals surface area contributed by atoms with Gasteiger partial charge in [0, 0.05) is 24.3 Å². The molecule has 3 aromatic rings. The van der Waals surface area contributed by atoms with Gasteiger partial charge >= 0.3 is 29.6 Å². The maximum absolute atomic E-state index is 10.7. The third-order valence-corrected chi connectivity index (χ3v) is 2.94. The van der Waals surface area contributed by atoms with Gasteiger partial charge in [-0.1, -0.05) is 6.07 Å². The Kier molecular flexibility index (Phi) is 5.01. The van der Waals surface area contributed by atoms with Crippen molar-refractivity contribution < 1.29 is 43.9 Å². The number of hydrogen-bond acceptors (Lipinski definition) is 5. The molecular weight excluding hydrogens is 279 g/mol. The van der Waals surface area contributed by atoms with Crippen molar-refractivity contribution in [2.75, 3.05) is 5.32 Å². The minimum Gasteiger partial charge on any atom is -0.542 e. The smallest absolute Gasteiger partial charge is 0.542 e. The van der Waals surface area contributed by atoms with Crippen LogP contribution in [0.15, 0.2) is 53.2 Å². The fourth-order valence-electron chi connectivity index (χ4n) is 1.97. The molecule has 1 aromatic carbocycles. The Hall–Kier alpha value is -1.82. The fraction of sp³-hybridized carbons (Fsp3) is 0.0667. The van der Waals surface area contributed by atoms with E-state index < -0.39 is 5.97 Å². The van der Waals surface area contributed by atoms with Crippen LogP contribution in [-0.2, 0) is 6.54 Å². The number of furan rings is 1. The third-order valence-electron chi connectivity index (χ3n) is 2.94. The van der Waals surface area contributed by atoms with Gasteiger partial charge in [-0.25, -0.2) is 0 Å². The van der Waals surface area contributed by atoms with Crippen LogP contribution in [0, 0.1) is 0 Å². The summed E-state index contributed by atoms with van der Waals surface area (Å²) >= 11 is 0. The van der Waals surface area contributed by atoms with E-state index in [-0.39, 0.29) is 35.3 Å².